The van der Waals surface area contributed by atoms with Crippen LogP contribution in [0.3, 0.4) is 0 Å². The van der Waals surface area contributed by atoms with Crippen molar-refractivity contribution in [2.24, 2.45) is 11.5 Å². The standard InChI is InChI=1S/C12H16N2O4/c13-3-1-8-5-10-11(18-7-17-10)6-9(8)16-4-2-12(14)15/h5-6H,1-4,7,13H2,(H2,14,15). The molecule has 1 amide bonds. The highest BCUT2D eigenvalue weighted by Crippen LogP contribution is 2.38. The summed E-state index contributed by atoms with van der Waals surface area (Å²) in [5.41, 5.74) is 11.5. The van der Waals surface area contributed by atoms with Crippen molar-refractivity contribution in [2.45, 2.75) is 12.8 Å². The number of carbonyl (C=O) groups excluding carboxylic acids is 1. The average Bonchev–Trinajstić information content (AvgIpc) is 2.76. The second kappa shape index (κ2) is 5.59. The molecule has 1 aromatic carbocycles. The van der Waals surface area contributed by atoms with Gasteiger partial charge in [-0.3, -0.25) is 4.79 Å². The van der Waals surface area contributed by atoms with Gasteiger partial charge < -0.3 is 25.7 Å². The average molecular weight is 252 g/mol. The lowest BCUT2D eigenvalue weighted by Crippen LogP contribution is -2.15. The van der Waals surface area contributed by atoms with E-state index in [0.717, 1.165) is 5.56 Å². The number of carbonyl (C=O) groups is 1. The maximum absolute atomic E-state index is 10.7. The summed E-state index contributed by atoms with van der Waals surface area (Å²) in [6.45, 7) is 0.959. The molecule has 0 saturated carbocycles. The second-order valence-corrected chi connectivity index (χ2v) is 3.92. The summed E-state index contributed by atoms with van der Waals surface area (Å²) >= 11 is 0. The van der Waals surface area contributed by atoms with Gasteiger partial charge in [0.25, 0.3) is 0 Å². The fraction of sp³-hybridized carbons (Fsp3) is 0.417. The summed E-state index contributed by atoms with van der Waals surface area (Å²) in [6.07, 6.45) is 0.846. The molecule has 6 nitrogen and oxygen atoms in total. The van der Waals surface area contributed by atoms with Crippen LogP contribution in [0, 0.1) is 0 Å². The van der Waals surface area contributed by atoms with Gasteiger partial charge in [0.1, 0.15) is 5.75 Å². The van der Waals surface area contributed by atoms with Gasteiger partial charge in [-0.05, 0) is 24.6 Å². The molecule has 0 aromatic heterocycles. The Bertz CT molecular complexity index is 448. The molecule has 18 heavy (non-hydrogen) atoms. The zero-order valence-corrected chi connectivity index (χ0v) is 9.98. The molecule has 0 fully saturated rings. The second-order valence-electron chi connectivity index (χ2n) is 3.92. The van der Waals surface area contributed by atoms with Crippen LogP contribution in [-0.2, 0) is 11.2 Å². The summed E-state index contributed by atoms with van der Waals surface area (Å²) < 4.78 is 16.1. The Balaban J connectivity index is 2.13. The van der Waals surface area contributed by atoms with Gasteiger partial charge in [-0.1, -0.05) is 0 Å². The molecule has 1 heterocycles. The molecule has 0 unspecified atom stereocenters. The van der Waals surface area contributed by atoms with E-state index in [2.05, 4.69) is 0 Å². The monoisotopic (exact) mass is 252 g/mol. The largest absolute Gasteiger partial charge is 0.493 e. The number of rotatable bonds is 6. The first-order valence-corrected chi connectivity index (χ1v) is 5.74. The van der Waals surface area contributed by atoms with E-state index >= 15 is 0 Å². The first-order valence-electron chi connectivity index (χ1n) is 5.74. The van der Waals surface area contributed by atoms with Crippen molar-refractivity contribution in [1.82, 2.24) is 0 Å². The minimum absolute atomic E-state index is 0.177. The number of hydrogen-bond acceptors (Lipinski definition) is 5. The maximum atomic E-state index is 10.7. The molecule has 0 atom stereocenters. The van der Waals surface area contributed by atoms with Crippen LogP contribution in [0.4, 0.5) is 0 Å². The molecule has 4 N–H and O–H groups in total. The lowest BCUT2D eigenvalue weighted by molar-refractivity contribution is -0.118. The van der Waals surface area contributed by atoms with Crippen molar-refractivity contribution in [3.8, 4) is 17.2 Å². The number of hydrogen-bond donors (Lipinski definition) is 2. The van der Waals surface area contributed by atoms with Gasteiger partial charge in [0.15, 0.2) is 11.5 Å². The summed E-state index contributed by atoms with van der Waals surface area (Å²) in [4.78, 5) is 10.7. The highest BCUT2D eigenvalue weighted by Gasteiger charge is 2.17. The van der Waals surface area contributed by atoms with Crippen molar-refractivity contribution in [2.75, 3.05) is 19.9 Å². The fourth-order valence-corrected chi connectivity index (χ4v) is 1.71. The quantitative estimate of drug-likeness (QED) is 0.752. The summed E-state index contributed by atoms with van der Waals surface area (Å²) in [6, 6.07) is 3.61. The van der Waals surface area contributed by atoms with Crippen molar-refractivity contribution in [3.63, 3.8) is 0 Å². The van der Waals surface area contributed by atoms with E-state index in [1.807, 2.05) is 6.07 Å². The maximum Gasteiger partial charge on any atom is 0.231 e. The van der Waals surface area contributed by atoms with Crippen LogP contribution in [0.2, 0.25) is 0 Å². The Labute approximate surface area is 105 Å². The van der Waals surface area contributed by atoms with Crippen LogP contribution in [-0.4, -0.2) is 25.9 Å². The molecule has 6 heteroatoms. The van der Waals surface area contributed by atoms with Crippen LogP contribution < -0.4 is 25.7 Å². The number of benzene rings is 1. The Morgan fingerprint density at radius 2 is 2.06 bits per heavy atom. The molecule has 2 rings (SSSR count). The minimum atomic E-state index is -0.392. The molecule has 1 aromatic rings. The smallest absolute Gasteiger partial charge is 0.231 e. The molecular weight excluding hydrogens is 236 g/mol. The molecule has 1 aliphatic rings. The Hall–Kier alpha value is -1.95. The third-order valence-electron chi connectivity index (χ3n) is 2.58. The molecule has 0 spiro atoms. The minimum Gasteiger partial charge on any atom is -0.493 e. The van der Waals surface area contributed by atoms with E-state index in [1.165, 1.54) is 0 Å². The van der Waals surface area contributed by atoms with Gasteiger partial charge in [0, 0.05) is 6.07 Å². The predicted molar refractivity (Wildman–Crippen MR) is 64.6 cm³/mol. The van der Waals surface area contributed by atoms with Crippen molar-refractivity contribution >= 4 is 5.91 Å². The topological polar surface area (TPSA) is 96.8 Å². The van der Waals surface area contributed by atoms with E-state index in [4.69, 9.17) is 25.7 Å². The van der Waals surface area contributed by atoms with Crippen LogP contribution in [0.1, 0.15) is 12.0 Å². The molecular formula is C12H16N2O4. The number of amides is 1. The highest BCUT2D eigenvalue weighted by molar-refractivity contribution is 5.73. The lowest BCUT2D eigenvalue weighted by Gasteiger charge is -2.11. The number of ether oxygens (including phenoxy) is 3. The molecule has 0 radical (unpaired) electrons. The Morgan fingerprint density at radius 3 is 2.72 bits per heavy atom. The van der Waals surface area contributed by atoms with Crippen molar-refractivity contribution in [3.05, 3.63) is 17.7 Å². The zero-order chi connectivity index (χ0) is 13.0. The normalized spacial score (nSPS) is 12.5. The van der Waals surface area contributed by atoms with E-state index in [0.29, 0.717) is 30.2 Å². The van der Waals surface area contributed by atoms with Crippen molar-refractivity contribution < 1.29 is 19.0 Å². The summed E-state index contributed by atoms with van der Waals surface area (Å²) in [5, 5.41) is 0. The van der Waals surface area contributed by atoms with Crippen LogP contribution in [0.25, 0.3) is 0 Å². The zero-order valence-electron chi connectivity index (χ0n) is 9.98. The molecule has 98 valence electrons. The predicted octanol–water partition coefficient (Wildman–Crippen LogP) is 0.171. The van der Waals surface area contributed by atoms with Gasteiger partial charge in [-0.25, -0.2) is 0 Å². The molecule has 1 aliphatic heterocycles. The van der Waals surface area contributed by atoms with Gasteiger partial charge in [0.2, 0.25) is 12.7 Å². The Kier molecular flexibility index (Phi) is 3.88. The van der Waals surface area contributed by atoms with Gasteiger partial charge in [-0.15, -0.1) is 0 Å². The van der Waals surface area contributed by atoms with Crippen LogP contribution in [0.15, 0.2) is 12.1 Å². The van der Waals surface area contributed by atoms with Crippen LogP contribution >= 0.6 is 0 Å². The highest BCUT2D eigenvalue weighted by atomic mass is 16.7. The Morgan fingerprint density at radius 1 is 1.33 bits per heavy atom. The van der Waals surface area contributed by atoms with Gasteiger partial charge >= 0.3 is 0 Å². The first-order chi connectivity index (χ1) is 8.70. The lowest BCUT2D eigenvalue weighted by atomic mass is 10.1. The van der Waals surface area contributed by atoms with Gasteiger partial charge in [0.05, 0.1) is 13.0 Å². The van der Waals surface area contributed by atoms with E-state index in [9.17, 15) is 4.79 Å². The third kappa shape index (κ3) is 2.84. The first kappa shape index (κ1) is 12.5. The number of nitrogens with two attached hydrogens (primary N) is 2. The molecule has 0 saturated heterocycles. The molecule has 0 aliphatic carbocycles. The van der Waals surface area contributed by atoms with E-state index < -0.39 is 5.91 Å². The fourth-order valence-electron chi connectivity index (χ4n) is 1.71. The summed E-state index contributed by atoms with van der Waals surface area (Å²) in [7, 11) is 0. The van der Waals surface area contributed by atoms with Crippen molar-refractivity contribution in [1.29, 1.82) is 0 Å². The van der Waals surface area contributed by atoms with E-state index in [-0.39, 0.29) is 19.8 Å². The van der Waals surface area contributed by atoms with Crippen LogP contribution in [0.5, 0.6) is 17.2 Å². The molecule has 0 bridgehead atoms. The number of primary amides is 1. The third-order valence-corrected chi connectivity index (χ3v) is 2.58. The SMILES string of the molecule is NCCc1cc2c(cc1OCCC(N)=O)OCO2. The number of fused-ring (bicyclic) bond motifs is 1. The van der Waals surface area contributed by atoms with Gasteiger partial charge in [-0.2, -0.15) is 0 Å². The van der Waals surface area contributed by atoms with E-state index in [1.54, 1.807) is 6.07 Å². The summed E-state index contributed by atoms with van der Waals surface area (Å²) in [5.74, 6) is 1.60.